The zero-order chi connectivity index (χ0) is 10.1. The Morgan fingerprint density at radius 1 is 1.36 bits per heavy atom. The van der Waals surface area contributed by atoms with Crippen molar-refractivity contribution in [2.75, 3.05) is 0 Å². The van der Waals surface area contributed by atoms with E-state index in [1.807, 2.05) is 6.07 Å². The molecule has 0 fully saturated rings. The van der Waals surface area contributed by atoms with E-state index in [-0.39, 0.29) is 0 Å². The third-order valence-electron chi connectivity index (χ3n) is 1.99. The van der Waals surface area contributed by atoms with E-state index >= 15 is 0 Å². The lowest BCUT2D eigenvalue weighted by atomic mass is 10.1. The molecular formula is C10H7BrN2O. The molecule has 0 saturated carbocycles. The minimum atomic E-state index is -0.435. The molecule has 0 bridgehead atoms. The van der Waals surface area contributed by atoms with Gasteiger partial charge in [0.05, 0.1) is 5.52 Å². The Balaban J connectivity index is 2.88. The first-order chi connectivity index (χ1) is 6.70. The number of carbonyl (C=O) groups is 1. The van der Waals surface area contributed by atoms with E-state index in [4.69, 9.17) is 5.73 Å². The maximum atomic E-state index is 11.1. The van der Waals surface area contributed by atoms with Crippen LogP contribution in [0.5, 0.6) is 0 Å². The number of benzene rings is 1. The van der Waals surface area contributed by atoms with Gasteiger partial charge in [-0.15, -0.1) is 0 Å². The SMILES string of the molecule is NC(=O)c1ccc(Br)c2ncccc12. The second-order valence-corrected chi connectivity index (χ2v) is 3.71. The van der Waals surface area contributed by atoms with Crippen LogP contribution in [0.15, 0.2) is 34.9 Å². The van der Waals surface area contributed by atoms with Gasteiger partial charge in [-0.25, -0.2) is 0 Å². The predicted molar refractivity (Wildman–Crippen MR) is 58.0 cm³/mol. The highest BCUT2D eigenvalue weighted by Gasteiger charge is 2.08. The molecule has 70 valence electrons. The van der Waals surface area contributed by atoms with Gasteiger partial charge in [-0.3, -0.25) is 9.78 Å². The van der Waals surface area contributed by atoms with E-state index in [9.17, 15) is 4.79 Å². The molecule has 0 atom stereocenters. The Morgan fingerprint density at radius 2 is 2.14 bits per heavy atom. The van der Waals surface area contributed by atoms with Crippen molar-refractivity contribution in [2.45, 2.75) is 0 Å². The molecule has 14 heavy (non-hydrogen) atoms. The quantitative estimate of drug-likeness (QED) is 0.843. The summed E-state index contributed by atoms with van der Waals surface area (Å²) in [4.78, 5) is 15.3. The predicted octanol–water partition coefficient (Wildman–Crippen LogP) is 2.10. The molecule has 3 nitrogen and oxygen atoms in total. The molecule has 0 spiro atoms. The van der Waals surface area contributed by atoms with Gasteiger partial charge in [0.15, 0.2) is 0 Å². The second-order valence-electron chi connectivity index (χ2n) is 2.86. The van der Waals surface area contributed by atoms with Crippen LogP contribution in [0.4, 0.5) is 0 Å². The van der Waals surface area contributed by atoms with E-state index in [0.717, 1.165) is 15.4 Å². The van der Waals surface area contributed by atoms with Crippen molar-refractivity contribution >= 4 is 32.7 Å². The molecule has 1 aromatic carbocycles. The molecule has 2 N–H and O–H groups in total. The monoisotopic (exact) mass is 250 g/mol. The van der Waals surface area contributed by atoms with Crippen LogP contribution in [0, 0.1) is 0 Å². The van der Waals surface area contributed by atoms with Gasteiger partial charge in [-0.2, -0.15) is 0 Å². The molecule has 2 aromatic rings. The molecule has 0 aliphatic heterocycles. The highest BCUT2D eigenvalue weighted by Crippen LogP contribution is 2.24. The van der Waals surface area contributed by atoms with E-state index in [0.29, 0.717) is 5.56 Å². The van der Waals surface area contributed by atoms with Crippen LogP contribution in [0.25, 0.3) is 10.9 Å². The smallest absolute Gasteiger partial charge is 0.249 e. The fourth-order valence-electron chi connectivity index (χ4n) is 1.35. The van der Waals surface area contributed by atoms with E-state index < -0.39 is 5.91 Å². The molecule has 4 heteroatoms. The van der Waals surface area contributed by atoms with E-state index in [1.54, 1.807) is 24.4 Å². The van der Waals surface area contributed by atoms with E-state index in [1.165, 1.54) is 0 Å². The number of aromatic nitrogens is 1. The van der Waals surface area contributed by atoms with Crippen molar-refractivity contribution in [1.29, 1.82) is 0 Å². The van der Waals surface area contributed by atoms with Gasteiger partial charge in [-0.05, 0) is 34.1 Å². The van der Waals surface area contributed by atoms with Crippen LogP contribution in [0.2, 0.25) is 0 Å². The Kier molecular flexibility index (Phi) is 2.21. The first-order valence-electron chi connectivity index (χ1n) is 4.03. The van der Waals surface area contributed by atoms with Gasteiger partial charge in [-0.1, -0.05) is 6.07 Å². The molecule has 1 amide bonds. The molecule has 1 heterocycles. The van der Waals surface area contributed by atoms with E-state index in [2.05, 4.69) is 20.9 Å². The third kappa shape index (κ3) is 1.37. The van der Waals surface area contributed by atoms with Crippen LogP contribution in [-0.4, -0.2) is 10.9 Å². The number of carbonyl (C=O) groups excluding carboxylic acids is 1. The lowest BCUT2D eigenvalue weighted by Gasteiger charge is -2.03. The summed E-state index contributed by atoms with van der Waals surface area (Å²) in [6.45, 7) is 0. The zero-order valence-corrected chi connectivity index (χ0v) is 8.78. The third-order valence-corrected chi connectivity index (χ3v) is 2.63. The van der Waals surface area contributed by atoms with Crippen LogP contribution in [0.3, 0.4) is 0 Å². The normalized spacial score (nSPS) is 10.4. The Bertz CT molecular complexity index is 510. The Hall–Kier alpha value is -1.42. The number of fused-ring (bicyclic) bond motifs is 1. The molecular weight excluding hydrogens is 244 g/mol. The molecule has 0 aliphatic rings. The van der Waals surface area contributed by atoms with Crippen LogP contribution < -0.4 is 5.73 Å². The summed E-state index contributed by atoms with van der Waals surface area (Å²) in [5.41, 5.74) is 6.50. The summed E-state index contributed by atoms with van der Waals surface area (Å²) in [7, 11) is 0. The Morgan fingerprint density at radius 3 is 2.86 bits per heavy atom. The van der Waals surface area contributed by atoms with Gasteiger partial charge in [0, 0.05) is 21.6 Å². The number of nitrogens with two attached hydrogens (primary N) is 1. The van der Waals surface area contributed by atoms with Crippen LogP contribution in [-0.2, 0) is 0 Å². The highest BCUT2D eigenvalue weighted by molar-refractivity contribution is 9.10. The fraction of sp³-hybridized carbons (Fsp3) is 0. The van der Waals surface area contributed by atoms with Gasteiger partial charge >= 0.3 is 0 Å². The number of amides is 1. The summed E-state index contributed by atoms with van der Waals surface area (Å²) in [5.74, 6) is -0.435. The van der Waals surface area contributed by atoms with Crippen molar-refractivity contribution in [2.24, 2.45) is 5.73 Å². The largest absolute Gasteiger partial charge is 0.366 e. The zero-order valence-electron chi connectivity index (χ0n) is 7.20. The van der Waals surface area contributed by atoms with Gasteiger partial charge in [0.25, 0.3) is 0 Å². The summed E-state index contributed by atoms with van der Waals surface area (Å²) in [5, 5.41) is 0.773. The highest BCUT2D eigenvalue weighted by atomic mass is 79.9. The molecule has 1 aromatic heterocycles. The van der Waals surface area contributed by atoms with Crippen molar-refractivity contribution in [3.8, 4) is 0 Å². The lowest BCUT2D eigenvalue weighted by Crippen LogP contribution is -2.11. The van der Waals surface area contributed by atoms with Crippen LogP contribution in [0.1, 0.15) is 10.4 Å². The van der Waals surface area contributed by atoms with Crippen LogP contribution >= 0.6 is 15.9 Å². The van der Waals surface area contributed by atoms with Crippen molar-refractivity contribution in [3.05, 3.63) is 40.5 Å². The maximum absolute atomic E-state index is 11.1. The average Bonchev–Trinajstić information content (AvgIpc) is 2.18. The number of nitrogens with zero attached hydrogens (tertiary/aromatic N) is 1. The second kappa shape index (κ2) is 3.38. The first-order valence-corrected chi connectivity index (χ1v) is 4.82. The minimum absolute atomic E-state index is 0.435. The average molecular weight is 251 g/mol. The number of rotatable bonds is 1. The number of pyridine rings is 1. The maximum Gasteiger partial charge on any atom is 0.249 e. The van der Waals surface area contributed by atoms with Crippen molar-refractivity contribution in [3.63, 3.8) is 0 Å². The summed E-state index contributed by atoms with van der Waals surface area (Å²) in [6, 6.07) is 7.07. The number of primary amides is 1. The molecule has 2 rings (SSSR count). The lowest BCUT2D eigenvalue weighted by molar-refractivity contribution is 0.100. The number of hydrogen-bond acceptors (Lipinski definition) is 2. The van der Waals surface area contributed by atoms with Gasteiger partial charge in [0.2, 0.25) is 5.91 Å². The van der Waals surface area contributed by atoms with Crippen molar-refractivity contribution < 1.29 is 4.79 Å². The Labute approximate surface area is 89.1 Å². The molecule has 0 radical (unpaired) electrons. The number of hydrogen-bond donors (Lipinski definition) is 1. The first kappa shape index (κ1) is 9.15. The standard InChI is InChI=1S/C10H7BrN2O/c11-8-4-3-7(10(12)14)6-2-1-5-13-9(6)8/h1-5H,(H2,12,14). The van der Waals surface area contributed by atoms with Crippen molar-refractivity contribution in [1.82, 2.24) is 4.98 Å². The summed E-state index contributed by atoms with van der Waals surface area (Å²) < 4.78 is 0.859. The molecule has 0 unspecified atom stereocenters. The summed E-state index contributed by atoms with van der Waals surface area (Å²) >= 11 is 3.37. The molecule has 0 aliphatic carbocycles. The minimum Gasteiger partial charge on any atom is -0.366 e. The molecule has 0 saturated heterocycles. The fourth-order valence-corrected chi connectivity index (χ4v) is 1.80. The summed E-state index contributed by atoms with van der Waals surface area (Å²) in [6.07, 6.45) is 1.68. The van der Waals surface area contributed by atoms with Gasteiger partial charge in [0.1, 0.15) is 0 Å². The number of halogens is 1. The van der Waals surface area contributed by atoms with Gasteiger partial charge < -0.3 is 5.73 Å². The topological polar surface area (TPSA) is 56.0 Å².